The number of hydrogen-bond donors (Lipinski definition) is 1. The first-order valence-electron chi connectivity index (χ1n) is 9.38. The number of ether oxygens (including phenoxy) is 1. The maximum atomic E-state index is 11.3. The van der Waals surface area contributed by atoms with Crippen molar-refractivity contribution in [2.24, 2.45) is 0 Å². The van der Waals surface area contributed by atoms with Gasteiger partial charge in [0.1, 0.15) is 22.9 Å². The Morgan fingerprint density at radius 1 is 1.26 bits per heavy atom. The van der Waals surface area contributed by atoms with E-state index in [0.717, 1.165) is 47.6 Å². The summed E-state index contributed by atoms with van der Waals surface area (Å²) in [5.74, 6) is 1.88. The molecule has 0 unspecified atom stereocenters. The molecule has 0 aliphatic carbocycles. The molecule has 0 fully saturated rings. The summed E-state index contributed by atoms with van der Waals surface area (Å²) in [5.41, 5.74) is 3.06. The van der Waals surface area contributed by atoms with Crippen molar-refractivity contribution in [3.63, 3.8) is 0 Å². The summed E-state index contributed by atoms with van der Waals surface area (Å²) in [6.07, 6.45) is 5.69. The molecule has 0 atom stereocenters. The number of aryl methyl sites for hydroxylation is 2. The number of nitrogens with one attached hydrogen (secondary N) is 1. The van der Waals surface area contributed by atoms with E-state index in [1.807, 2.05) is 37.4 Å². The Labute approximate surface area is 159 Å². The van der Waals surface area contributed by atoms with E-state index >= 15 is 0 Å². The summed E-state index contributed by atoms with van der Waals surface area (Å²) in [5, 5.41) is 4.41. The fraction of sp³-hybridized carbons (Fsp3) is 0.364. The number of nitrogens with zero attached hydrogens (tertiary/aromatic N) is 1. The molecule has 0 aliphatic heterocycles. The van der Waals surface area contributed by atoms with Gasteiger partial charge in [-0.3, -0.25) is 4.98 Å². The third-order valence-electron chi connectivity index (χ3n) is 4.53. The molecule has 5 heteroatoms. The Bertz CT molecular complexity index is 887. The van der Waals surface area contributed by atoms with E-state index < -0.39 is 0 Å². The predicted octanol–water partition coefficient (Wildman–Crippen LogP) is 4.22. The van der Waals surface area contributed by atoms with Gasteiger partial charge in [-0.05, 0) is 50.6 Å². The molecule has 3 rings (SSSR count). The van der Waals surface area contributed by atoms with Crippen LogP contribution in [0.3, 0.4) is 0 Å². The van der Waals surface area contributed by atoms with Crippen LogP contribution in [-0.4, -0.2) is 23.9 Å². The zero-order valence-corrected chi connectivity index (χ0v) is 16.0. The number of carbonyl (C=O) groups excluding carboxylic acids is 1. The molecule has 3 aromatic rings. The first kappa shape index (κ1) is 19.1. The van der Waals surface area contributed by atoms with Gasteiger partial charge in [-0.15, -0.1) is 0 Å². The monoisotopic (exact) mass is 366 g/mol. The summed E-state index contributed by atoms with van der Waals surface area (Å²) in [7, 11) is 0. The lowest BCUT2D eigenvalue weighted by Crippen LogP contribution is -2.17. The number of furan rings is 1. The predicted molar refractivity (Wildman–Crippen MR) is 106 cm³/mol. The van der Waals surface area contributed by atoms with Crippen LogP contribution in [-0.2, 0) is 17.8 Å². The van der Waals surface area contributed by atoms with Crippen LogP contribution in [0, 0.1) is 6.92 Å². The van der Waals surface area contributed by atoms with Gasteiger partial charge in [0.25, 0.3) is 0 Å². The van der Waals surface area contributed by atoms with E-state index in [2.05, 4.69) is 16.4 Å². The van der Waals surface area contributed by atoms with Crippen LogP contribution >= 0.6 is 0 Å². The van der Waals surface area contributed by atoms with Gasteiger partial charge >= 0.3 is 0 Å². The zero-order chi connectivity index (χ0) is 19.1. The van der Waals surface area contributed by atoms with E-state index in [4.69, 9.17) is 9.15 Å². The van der Waals surface area contributed by atoms with Crippen molar-refractivity contribution in [3.05, 3.63) is 59.6 Å². The molecule has 1 aromatic carbocycles. The molecule has 2 heterocycles. The second-order valence-corrected chi connectivity index (χ2v) is 6.72. The summed E-state index contributed by atoms with van der Waals surface area (Å²) in [6, 6.07) is 9.86. The standard InChI is InChI=1S/C22H26N2O3/c1-16(25)9-10-19-17(2)22-20(7-3-8-21(22)27-19)26-13-5-12-24-15-18-6-4-11-23-14-18/h3-4,6-8,11,14,24H,5,9-10,12-13,15H2,1-2H3. The molecule has 2 aromatic heterocycles. The average molecular weight is 366 g/mol. The number of benzene rings is 1. The first-order valence-corrected chi connectivity index (χ1v) is 9.38. The van der Waals surface area contributed by atoms with Crippen LogP contribution in [0.1, 0.15) is 36.7 Å². The van der Waals surface area contributed by atoms with Gasteiger partial charge in [0, 0.05) is 37.3 Å². The van der Waals surface area contributed by atoms with E-state index in [1.165, 1.54) is 5.56 Å². The van der Waals surface area contributed by atoms with Crippen molar-refractivity contribution in [1.29, 1.82) is 0 Å². The van der Waals surface area contributed by atoms with Gasteiger partial charge in [-0.25, -0.2) is 0 Å². The number of pyridine rings is 1. The molecule has 0 bridgehead atoms. The fourth-order valence-corrected chi connectivity index (χ4v) is 3.08. The molecule has 0 aliphatic rings. The molecule has 0 spiro atoms. The molecule has 0 saturated carbocycles. The summed E-state index contributed by atoms with van der Waals surface area (Å²) in [4.78, 5) is 15.4. The van der Waals surface area contributed by atoms with E-state index in [1.54, 1.807) is 13.1 Å². The van der Waals surface area contributed by atoms with Crippen LogP contribution < -0.4 is 10.1 Å². The maximum Gasteiger partial charge on any atom is 0.138 e. The van der Waals surface area contributed by atoms with E-state index in [9.17, 15) is 4.79 Å². The molecular weight excluding hydrogens is 340 g/mol. The lowest BCUT2D eigenvalue weighted by molar-refractivity contribution is -0.117. The molecule has 0 saturated heterocycles. The zero-order valence-electron chi connectivity index (χ0n) is 16.0. The number of carbonyl (C=O) groups is 1. The van der Waals surface area contributed by atoms with Gasteiger partial charge in [0.05, 0.1) is 12.0 Å². The Balaban J connectivity index is 1.53. The third-order valence-corrected chi connectivity index (χ3v) is 4.53. The van der Waals surface area contributed by atoms with Crippen molar-refractivity contribution in [3.8, 4) is 5.75 Å². The van der Waals surface area contributed by atoms with Gasteiger partial charge < -0.3 is 19.3 Å². The van der Waals surface area contributed by atoms with Crippen molar-refractivity contribution in [2.75, 3.05) is 13.2 Å². The highest BCUT2D eigenvalue weighted by atomic mass is 16.5. The number of fused-ring (bicyclic) bond motifs is 1. The van der Waals surface area contributed by atoms with Crippen molar-refractivity contribution in [1.82, 2.24) is 10.3 Å². The fourth-order valence-electron chi connectivity index (χ4n) is 3.08. The lowest BCUT2D eigenvalue weighted by atomic mass is 10.1. The number of ketones is 1. The highest BCUT2D eigenvalue weighted by molar-refractivity contribution is 5.88. The molecule has 27 heavy (non-hydrogen) atoms. The van der Waals surface area contributed by atoms with E-state index in [-0.39, 0.29) is 5.78 Å². The smallest absolute Gasteiger partial charge is 0.138 e. The molecule has 5 nitrogen and oxygen atoms in total. The average Bonchev–Trinajstić information content (AvgIpc) is 3.00. The Morgan fingerprint density at radius 3 is 2.93 bits per heavy atom. The highest BCUT2D eigenvalue weighted by Gasteiger charge is 2.15. The maximum absolute atomic E-state index is 11.3. The second-order valence-electron chi connectivity index (χ2n) is 6.72. The van der Waals surface area contributed by atoms with Crippen LogP contribution in [0.2, 0.25) is 0 Å². The van der Waals surface area contributed by atoms with Crippen LogP contribution in [0.5, 0.6) is 5.75 Å². The molecular formula is C22H26N2O3. The first-order chi connectivity index (χ1) is 13.1. The van der Waals surface area contributed by atoms with Crippen LogP contribution in [0.25, 0.3) is 11.0 Å². The molecule has 142 valence electrons. The summed E-state index contributed by atoms with van der Waals surface area (Å²) < 4.78 is 11.9. The summed E-state index contributed by atoms with van der Waals surface area (Å²) in [6.45, 7) is 5.95. The molecule has 0 radical (unpaired) electrons. The normalized spacial score (nSPS) is 11.0. The lowest BCUT2D eigenvalue weighted by Gasteiger charge is -2.08. The number of Topliss-reactive ketones (excluding diaryl/α,β-unsaturated/α-hetero) is 1. The van der Waals surface area contributed by atoms with E-state index in [0.29, 0.717) is 19.4 Å². The second kappa shape index (κ2) is 9.33. The summed E-state index contributed by atoms with van der Waals surface area (Å²) >= 11 is 0. The molecule has 0 amide bonds. The van der Waals surface area contributed by atoms with Gasteiger partial charge in [-0.1, -0.05) is 12.1 Å². The SMILES string of the molecule is CC(=O)CCc1oc2cccc(OCCCNCc3cccnc3)c2c1C. The quantitative estimate of drug-likeness (QED) is 0.544. The minimum Gasteiger partial charge on any atom is -0.493 e. The Kier molecular flexibility index (Phi) is 6.60. The van der Waals surface area contributed by atoms with Gasteiger partial charge in [0.2, 0.25) is 0 Å². The minimum absolute atomic E-state index is 0.171. The van der Waals surface area contributed by atoms with Crippen molar-refractivity contribution >= 4 is 16.8 Å². The van der Waals surface area contributed by atoms with Crippen LogP contribution in [0.4, 0.5) is 0 Å². The third kappa shape index (κ3) is 5.17. The number of hydrogen-bond acceptors (Lipinski definition) is 5. The highest BCUT2D eigenvalue weighted by Crippen LogP contribution is 2.33. The van der Waals surface area contributed by atoms with Crippen molar-refractivity contribution in [2.45, 2.75) is 39.7 Å². The van der Waals surface area contributed by atoms with Crippen LogP contribution in [0.15, 0.2) is 47.1 Å². The number of rotatable bonds is 10. The Morgan fingerprint density at radius 2 is 2.15 bits per heavy atom. The largest absolute Gasteiger partial charge is 0.493 e. The molecule has 1 N–H and O–H groups in total. The Hall–Kier alpha value is -2.66. The van der Waals surface area contributed by atoms with Gasteiger partial charge in [-0.2, -0.15) is 0 Å². The topological polar surface area (TPSA) is 64.4 Å². The number of aromatic nitrogens is 1. The van der Waals surface area contributed by atoms with Gasteiger partial charge in [0.15, 0.2) is 0 Å². The minimum atomic E-state index is 0.171. The van der Waals surface area contributed by atoms with Crippen molar-refractivity contribution < 1.29 is 13.9 Å².